The van der Waals surface area contributed by atoms with E-state index in [0.29, 0.717) is 11.3 Å². The van der Waals surface area contributed by atoms with Crippen molar-refractivity contribution in [3.8, 4) is 17.6 Å². The smallest absolute Gasteiger partial charge is 0.326 e. The molecule has 0 atom stereocenters. The number of ether oxygens (including phenoxy) is 1. The zero-order valence-electron chi connectivity index (χ0n) is 15.4. The SMILES string of the molecule is N#Cc1ccc(Oc2c(Cl)cc(NC(=O)NC(=O)c3ccc(F)cc3Cl)cc2Cl)cc1. The van der Waals surface area contributed by atoms with Gasteiger partial charge < -0.3 is 10.1 Å². The standard InChI is InChI=1S/C21H11Cl3FN3O3/c22-16-7-12(25)3-6-15(16)20(29)28-21(30)27-13-8-17(23)19(18(24)9-13)31-14-4-1-11(10-26)2-5-14/h1-9H,(H2,27,28,29,30). The zero-order valence-corrected chi connectivity index (χ0v) is 17.6. The number of hydrogen-bond acceptors (Lipinski definition) is 4. The van der Waals surface area contributed by atoms with Crippen molar-refractivity contribution in [3.63, 3.8) is 0 Å². The van der Waals surface area contributed by atoms with Crippen molar-refractivity contribution in [2.45, 2.75) is 0 Å². The van der Waals surface area contributed by atoms with Gasteiger partial charge in [0.15, 0.2) is 5.75 Å². The molecule has 0 aliphatic heterocycles. The Morgan fingerprint density at radius 2 is 1.58 bits per heavy atom. The number of hydrogen-bond donors (Lipinski definition) is 2. The maximum absolute atomic E-state index is 13.1. The molecule has 3 aromatic carbocycles. The molecule has 0 fully saturated rings. The summed E-state index contributed by atoms with van der Waals surface area (Å²) in [5, 5.41) is 13.4. The van der Waals surface area contributed by atoms with Crippen LogP contribution in [0.4, 0.5) is 14.9 Å². The summed E-state index contributed by atoms with van der Waals surface area (Å²) in [7, 11) is 0. The number of carbonyl (C=O) groups excluding carboxylic acids is 2. The number of nitrogens with one attached hydrogen (secondary N) is 2. The highest BCUT2D eigenvalue weighted by Gasteiger charge is 2.16. The van der Waals surface area contributed by atoms with E-state index in [2.05, 4.69) is 10.6 Å². The van der Waals surface area contributed by atoms with E-state index in [1.54, 1.807) is 24.3 Å². The molecule has 31 heavy (non-hydrogen) atoms. The van der Waals surface area contributed by atoms with Gasteiger partial charge in [0.05, 0.1) is 32.3 Å². The highest BCUT2D eigenvalue weighted by atomic mass is 35.5. The Bertz CT molecular complexity index is 1190. The van der Waals surface area contributed by atoms with E-state index in [4.69, 9.17) is 44.8 Å². The lowest BCUT2D eigenvalue weighted by molar-refractivity contribution is 0.0967. The molecule has 0 unspecified atom stereocenters. The first kappa shape index (κ1) is 22.4. The molecule has 0 aliphatic carbocycles. The van der Waals surface area contributed by atoms with Crippen LogP contribution in [0.5, 0.6) is 11.5 Å². The van der Waals surface area contributed by atoms with E-state index < -0.39 is 17.8 Å². The van der Waals surface area contributed by atoms with Crippen molar-refractivity contribution in [3.05, 3.63) is 86.6 Å². The topological polar surface area (TPSA) is 91.2 Å². The Balaban J connectivity index is 1.69. The first-order chi connectivity index (χ1) is 14.8. The number of nitriles is 1. The molecular formula is C21H11Cl3FN3O3. The fourth-order valence-electron chi connectivity index (χ4n) is 2.45. The van der Waals surface area contributed by atoms with Crippen LogP contribution < -0.4 is 15.4 Å². The maximum Gasteiger partial charge on any atom is 0.326 e. The summed E-state index contributed by atoms with van der Waals surface area (Å²) in [5.41, 5.74) is 0.588. The third kappa shape index (κ3) is 5.64. The average molecular weight is 479 g/mol. The van der Waals surface area contributed by atoms with Crippen LogP contribution in [-0.2, 0) is 0 Å². The molecule has 0 spiro atoms. The molecule has 0 heterocycles. The summed E-state index contributed by atoms with van der Waals surface area (Å²) in [5.74, 6) is -0.879. The van der Waals surface area contributed by atoms with Gasteiger partial charge in [-0.05, 0) is 54.6 Å². The van der Waals surface area contributed by atoms with Gasteiger partial charge in [-0.25, -0.2) is 9.18 Å². The second kappa shape index (κ2) is 9.67. The van der Waals surface area contributed by atoms with Crippen molar-refractivity contribution in [2.75, 3.05) is 5.32 Å². The summed E-state index contributed by atoms with van der Waals surface area (Å²) in [6, 6.07) is 13.3. The lowest BCUT2D eigenvalue weighted by Gasteiger charge is -2.13. The Kier molecular flexibility index (Phi) is 6.98. The minimum absolute atomic E-state index is 0.0690. The molecule has 0 saturated carbocycles. The van der Waals surface area contributed by atoms with Gasteiger partial charge >= 0.3 is 6.03 Å². The van der Waals surface area contributed by atoms with Crippen LogP contribution in [0.25, 0.3) is 0 Å². The maximum atomic E-state index is 13.1. The Morgan fingerprint density at radius 1 is 0.935 bits per heavy atom. The number of anilines is 1. The quantitative estimate of drug-likeness (QED) is 0.453. The van der Waals surface area contributed by atoms with Crippen LogP contribution in [0.2, 0.25) is 15.1 Å². The molecule has 0 saturated heterocycles. The van der Waals surface area contributed by atoms with E-state index >= 15 is 0 Å². The van der Waals surface area contributed by atoms with Gasteiger partial charge in [-0.1, -0.05) is 34.8 Å². The summed E-state index contributed by atoms with van der Waals surface area (Å²) in [4.78, 5) is 24.3. The molecule has 0 aromatic heterocycles. The van der Waals surface area contributed by atoms with Gasteiger partial charge in [0, 0.05) is 5.69 Å². The Hall–Kier alpha value is -3.31. The van der Waals surface area contributed by atoms with Gasteiger partial charge in [-0.2, -0.15) is 5.26 Å². The number of imide groups is 1. The number of nitrogens with zero attached hydrogens (tertiary/aromatic N) is 1. The third-order valence-electron chi connectivity index (χ3n) is 3.86. The molecule has 3 amide bonds. The monoisotopic (exact) mass is 477 g/mol. The minimum Gasteiger partial charge on any atom is -0.454 e. The fourth-order valence-corrected chi connectivity index (χ4v) is 3.27. The van der Waals surface area contributed by atoms with Crippen molar-refractivity contribution >= 4 is 52.4 Å². The van der Waals surface area contributed by atoms with Crippen LogP contribution >= 0.6 is 34.8 Å². The van der Waals surface area contributed by atoms with Gasteiger partial charge in [0.25, 0.3) is 5.91 Å². The van der Waals surface area contributed by atoms with Crippen LogP contribution in [0.1, 0.15) is 15.9 Å². The van der Waals surface area contributed by atoms with E-state index in [9.17, 15) is 14.0 Å². The van der Waals surface area contributed by atoms with Gasteiger partial charge in [0.1, 0.15) is 11.6 Å². The first-order valence-electron chi connectivity index (χ1n) is 8.51. The molecule has 3 rings (SSSR count). The first-order valence-corrected chi connectivity index (χ1v) is 9.64. The molecule has 0 radical (unpaired) electrons. The van der Waals surface area contributed by atoms with Crippen molar-refractivity contribution < 1.29 is 18.7 Å². The minimum atomic E-state index is -0.877. The molecule has 0 bridgehead atoms. The second-order valence-electron chi connectivity index (χ2n) is 6.04. The van der Waals surface area contributed by atoms with E-state index in [-0.39, 0.29) is 32.1 Å². The van der Waals surface area contributed by atoms with Crippen molar-refractivity contribution in [1.82, 2.24) is 5.32 Å². The molecule has 3 aromatic rings. The average Bonchev–Trinajstić information content (AvgIpc) is 2.71. The lowest BCUT2D eigenvalue weighted by atomic mass is 10.2. The second-order valence-corrected chi connectivity index (χ2v) is 7.26. The lowest BCUT2D eigenvalue weighted by Crippen LogP contribution is -2.34. The van der Waals surface area contributed by atoms with E-state index in [0.717, 1.165) is 18.2 Å². The van der Waals surface area contributed by atoms with Gasteiger partial charge in [-0.3, -0.25) is 10.1 Å². The van der Waals surface area contributed by atoms with E-state index in [1.165, 1.54) is 12.1 Å². The highest BCUT2D eigenvalue weighted by Crippen LogP contribution is 2.38. The van der Waals surface area contributed by atoms with Crippen LogP contribution in [0.3, 0.4) is 0 Å². The summed E-state index contributed by atoms with van der Waals surface area (Å²) in [6.07, 6.45) is 0. The van der Waals surface area contributed by atoms with Crippen molar-refractivity contribution in [1.29, 1.82) is 5.26 Å². The number of carbonyl (C=O) groups is 2. The molecule has 2 N–H and O–H groups in total. The third-order valence-corrected chi connectivity index (χ3v) is 4.74. The van der Waals surface area contributed by atoms with Gasteiger partial charge in [-0.15, -0.1) is 0 Å². The Labute approximate surface area is 191 Å². The number of rotatable bonds is 4. The summed E-state index contributed by atoms with van der Waals surface area (Å²) >= 11 is 18.2. The van der Waals surface area contributed by atoms with Gasteiger partial charge in [0.2, 0.25) is 0 Å². The van der Waals surface area contributed by atoms with Crippen LogP contribution in [0.15, 0.2) is 54.6 Å². The molecule has 156 valence electrons. The Morgan fingerprint density at radius 3 is 2.16 bits per heavy atom. The normalized spacial score (nSPS) is 10.2. The van der Waals surface area contributed by atoms with Crippen LogP contribution in [-0.4, -0.2) is 11.9 Å². The number of benzene rings is 3. The number of halogens is 4. The molecule has 0 aliphatic rings. The largest absolute Gasteiger partial charge is 0.454 e. The summed E-state index contributed by atoms with van der Waals surface area (Å²) in [6.45, 7) is 0. The van der Waals surface area contributed by atoms with Crippen LogP contribution in [0, 0.1) is 17.1 Å². The van der Waals surface area contributed by atoms with Crippen molar-refractivity contribution in [2.24, 2.45) is 0 Å². The number of amides is 3. The number of urea groups is 1. The molecule has 6 nitrogen and oxygen atoms in total. The predicted octanol–water partition coefficient (Wildman–Crippen LogP) is 6.41. The highest BCUT2D eigenvalue weighted by molar-refractivity contribution is 6.38. The molecular weight excluding hydrogens is 468 g/mol. The summed E-state index contributed by atoms with van der Waals surface area (Å²) < 4.78 is 18.7. The predicted molar refractivity (Wildman–Crippen MR) is 116 cm³/mol. The fraction of sp³-hybridized carbons (Fsp3) is 0. The molecule has 10 heteroatoms. The zero-order chi connectivity index (χ0) is 22.5. The van der Waals surface area contributed by atoms with E-state index in [1.807, 2.05) is 6.07 Å².